The van der Waals surface area contributed by atoms with Crippen molar-refractivity contribution >= 4 is 0 Å². The molecule has 0 heterocycles. The Morgan fingerprint density at radius 1 is 1.18 bits per heavy atom. The highest BCUT2D eigenvalue weighted by atomic mass is 14.9. The van der Waals surface area contributed by atoms with E-state index in [4.69, 9.17) is 5.26 Å². The quantitative estimate of drug-likeness (QED) is 0.842. The highest BCUT2D eigenvalue weighted by Crippen LogP contribution is 2.10. The van der Waals surface area contributed by atoms with Crippen LogP contribution in [0.5, 0.6) is 0 Å². The lowest BCUT2D eigenvalue weighted by molar-refractivity contribution is 0.485. The van der Waals surface area contributed by atoms with E-state index in [-0.39, 0.29) is 0 Å². The summed E-state index contributed by atoms with van der Waals surface area (Å²) < 4.78 is 0. The molecule has 2 nitrogen and oxygen atoms in total. The monoisotopic (exact) mass is 230 g/mol. The van der Waals surface area contributed by atoms with Gasteiger partial charge in [-0.05, 0) is 37.3 Å². The number of nitrogens with one attached hydrogen (secondary N) is 1. The molecule has 2 heteroatoms. The Balaban J connectivity index is 2.55. The van der Waals surface area contributed by atoms with Crippen LogP contribution >= 0.6 is 0 Å². The molecule has 1 N–H and O–H groups in total. The minimum absolute atomic E-state index is 0.462. The summed E-state index contributed by atoms with van der Waals surface area (Å²) in [7, 11) is 0. The van der Waals surface area contributed by atoms with Crippen LogP contribution in [0.1, 0.15) is 38.8 Å². The van der Waals surface area contributed by atoms with E-state index in [1.807, 2.05) is 13.8 Å². The lowest BCUT2D eigenvalue weighted by Crippen LogP contribution is -2.36. The molecular weight excluding hydrogens is 208 g/mol. The van der Waals surface area contributed by atoms with E-state index >= 15 is 0 Å². The van der Waals surface area contributed by atoms with Gasteiger partial charge < -0.3 is 0 Å². The number of hydrogen-bond acceptors (Lipinski definition) is 2. The number of benzene rings is 1. The average Bonchev–Trinajstić information content (AvgIpc) is 2.28. The van der Waals surface area contributed by atoms with E-state index in [0.29, 0.717) is 5.92 Å². The minimum atomic E-state index is -0.462. The molecule has 1 rings (SSSR count). The summed E-state index contributed by atoms with van der Waals surface area (Å²) in [6.07, 6.45) is 1.12. The Bertz CT molecular complexity index is 382. The predicted octanol–water partition coefficient (Wildman–Crippen LogP) is 3.28. The van der Waals surface area contributed by atoms with Crippen molar-refractivity contribution in [2.45, 2.75) is 46.2 Å². The molecule has 0 saturated carbocycles. The Labute approximate surface area is 105 Å². The summed E-state index contributed by atoms with van der Waals surface area (Å²) in [5.74, 6) is 0.691. The van der Waals surface area contributed by atoms with Crippen LogP contribution in [0.25, 0.3) is 0 Å². The highest BCUT2D eigenvalue weighted by molar-refractivity contribution is 5.23. The average molecular weight is 230 g/mol. The largest absolute Gasteiger partial charge is 0.296 e. The summed E-state index contributed by atoms with van der Waals surface area (Å²) in [6.45, 7) is 8.97. The molecular formula is C15H22N2. The van der Waals surface area contributed by atoms with Crippen molar-refractivity contribution in [2.75, 3.05) is 0 Å². The fraction of sp³-hybridized carbons (Fsp3) is 0.533. The zero-order valence-electron chi connectivity index (χ0n) is 11.2. The zero-order valence-corrected chi connectivity index (χ0v) is 11.2. The first-order chi connectivity index (χ1) is 7.93. The third-order valence-corrected chi connectivity index (χ3v) is 2.68. The molecule has 0 aliphatic carbocycles. The summed E-state index contributed by atoms with van der Waals surface area (Å²) in [6, 6.07) is 10.9. The summed E-state index contributed by atoms with van der Waals surface area (Å²) in [4.78, 5) is 0. The van der Waals surface area contributed by atoms with Gasteiger partial charge >= 0.3 is 0 Å². The zero-order chi connectivity index (χ0) is 12.9. The maximum atomic E-state index is 8.90. The Morgan fingerprint density at radius 2 is 1.71 bits per heavy atom. The predicted molar refractivity (Wildman–Crippen MR) is 71.5 cm³/mol. The number of hydrogen-bond donors (Lipinski definition) is 1. The van der Waals surface area contributed by atoms with Crippen LogP contribution in [0.15, 0.2) is 24.3 Å². The minimum Gasteiger partial charge on any atom is -0.296 e. The molecule has 0 saturated heterocycles. The van der Waals surface area contributed by atoms with Gasteiger partial charge in [-0.2, -0.15) is 5.26 Å². The normalized spacial score (nSPS) is 11.5. The van der Waals surface area contributed by atoms with Crippen LogP contribution in [0, 0.1) is 17.2 Å². The molecule has 0 unspecified atom stereocenters. The molecule has 0 aliphatic heterocycles. The first-order valence-corrected chi connectivity index (χ1v) is 6.17. The lowest BCUT2D eigenvalue weighted by atomic mass is 10.0. The molecule has 17 heavy (non-hydrogen) atoms. The SMILES string of the molecule is CC(C)Cc1ccc(CNC(C)(C)C#N)cc1. The van der Waals surface area contributed by atoms with Crippen molar-refractivity contribution < 1.29 is 0 Å². The molecule has 0 amide bonds. The van der Waals surface area contributed by atoms with Crippen molar-refractivity contribution in [1.29, 1.82) is 5.26 Å². The molecule has 0 aromatic heterocycles. The standard InChI is InChI=1S/C15H22N2/c1-12(2)9-13-5-7-14(8-6-13)10-17-15(3,4)11-16/h5-8,12,17H,9-10H2,1-4H3. The summed E-state index contributed by atoms with van der Waals surface area (Å²) >= 11 is 0. The van der Waals surface area contributed by atoms with Crippen molar-refractivity contribution in [3.63, 3.8) is 0 Å². The second kappa shape index (κ2) is 5.84. The fourth-order valence-electron chi connectivity index (χ4n) is 1.63. The summed E-state index contributed by atoms with van der Waals surface area (Å²) in [5.41, 5.74) is 2.14. The van der Waals surface area contributed by atoms with Crippen molar-refractivity contribution in [3.05, 3.63) is 35.4 Å². The third-order valence-electron chi connectivity index (χ3n) is 2.68. The van der Waals surface area contributed by atoms with Crippen LogP contribution in [-0.2, 0) is 13.0 Å². The van der Waals surface area contributed by atoms with Gasteiger partial charge in [-0.15, -0.1) is 0 Å². The first kappa shape index (κ1) is 13.7. The van der Waals surface area contributed by atoms with Crippen LogP contribution in [0.4, 0.5) is 0 Å². The van der Waals surface area contributed by atoms with Crippen LogP contribution in [0.3, 0.4) is 0 Å². The van der Waals surface area contributed by atoms with Crippen molar-refractivity contribution in [3.8, 4) is 6.07 Å². The molecule has 1 aromatic rings. The lowest BCUT2D eigenvalue weighted by Gasteiger charge is -2.17. The van der Waals surface area contributed by atoms with Crippen molar-refractivity contribution in [1.82, 2.24) is 5.32 Å². The maximum Gasteiger partial charge on any atom is 0.101 e. The van der Waals surface area contributed by atoms with Gasteiger partial charge in [0.1, 0.15) is 5.54 Å². The Hall–Kier alpha value is -1.33. The van der Waals surface area contributed by atoms with E-state index in [0.717, 1.165) is 13.0 Å². The summed E-state index contributed by atoms with van der Waals surface area (Å²) in [5, 5.41) is 12.1. The van der Waals surface area contributed by atoms with Crippen LogP contribution in [-0.4, -0.2) is 5.54 Å². The Kier molecular flexibility index (Phi) is 4.72. The van der Waals surface area contributed by atoms with E-state index in [1.165, 1.54) is 11.1 Å². The molecule has 1 aromatic carbocycles. The van der Waals surface area contributed by atoms with E-state index < -0.39 is 5.54 Å². The van der Waals surface area contributed by atoms with Gasteiger partial charge in [0.25, 0.3) is 0 Å². The second-order valence-electron chi connectivity index (χ2n) is 5.50. The number of nitrogens with zero attached hydrogens (tertiary/aromatic N) is 1. The number of nitriles is 1. The topological polar surface area (TPSA) is 35.8 Å². The molecule has 0 radical (unpaired) electrons. The van der Waals surface area contributed by atoms with Gasteiger partial charge in [0.2, 0.25) is 0 Å². The second-order valence-corrected chi connectivity index (χ2v) is 5.50. The van der Waals surface area contributed by atoms with Gasteiger partial charge in [0.15, 0.2) is 0 Å². The molecule has 0 aliphatic rings. The fourth-order valence-corrected chi connectivity index (χ4v) is 1.63. The molecule has 0 bridgehead atoms. The molecule has 0 spiro atoms. The highest BCUT2D eigenvalue weighted by Gasteiger charge is 2.14. The van der Waals surface area contributed by atoms with Gasteiger partial charge in [-0.3, -0.25) is 5.32 Å². The maximum absolute atomic E-state index is 8.90. The third kappa shape index (κ3) is 5.01. The Morgan fingerprint density at radius 3 is 2.18 bits per heavy atom. The number of rotatable bonds is 5. The van der Waals surface area contributed by atoms with Crippen LogP contribution in [0.2, 0.25) is 0 Å². The van der Waals surface area contributed by atoms with E-state index in [2.05, 4.69) is 49.5 Å². The molecule has 0 atom stereocenters. The molecule has 92 valence electrons. The van der Waals surface area contributed by atoms with Crippen LogP contribution < -0.4 is 5.32 Å². The van der Waals surface area contributed by atoms with Gasteiger partial charge in [0, 0.05) is 6.54 Å². The van der Waals surface area contributed by atoms with E-state index in [1.54, 1.807) is 0 Å². The van der Waals surface area contributed by atoms with Crippen molar-refractivity contribution in [2.24, 2.45) is 5.92 Å². The first-order valence-electron chi connectivity index (χ1n) is 6.17. The smallest absolute Gasteiger partial charge is 0.101 e. The molecule has 0 fully saturated rings. The van der Waals surface area contributed by atoms with Gasteiger partial charge in [-0.25, -0.2) is 0 Å². The van der Waals surface area contributed by atoms with Gasteiger partial charge in [-0.1, -0.05) is 38.1 Å². The van der Waals surface area contributed by atoms with E-state index in [9.17, 15) is 0 Å². The van der Waals surface area contributed by atoms with Gasteiger partial charge in [0.05, 0.1) is 6.07 Å².